The predicted octanol–water partition coefficient (Wildman–Crippen LogP) is 2.94. The van der Waals surface area contributed by atoms with Crippen LogP contribution in [0, 0.1) is 12.8 Å². The van der Waals surface area contributed by atoms with Crippen molar-refractivity contribution in [2.24, 2.45) is 5.92 Å². The zero-order valence-electron chi connectivity index (χ0n) is 14.5. The van der Waals surface area contributed by atoms with Gasteiger partial charge in [-0.3, -0.25) is 4.79 Å². The molecule has 0 spiro atoms. The Morgan fingerprint density at radius 3 is 2.96 bits per heavy atom. The zero-order chi connectivity index (χ0) is 17.4. The van der Waals surface area contributed by atoms with Gasteiger partial charge in [-0.1, -0.05) is 17.3 Å². The van der Waals surface area contributed by atoms with E-state index in [1.54, 1.807) is 4.68 Å². The van der Waals surface area contributed by atoms with E-state index in [1.165, 1.54) is 12.8 Å². The molecule has 0 aliphatic heterocycles. The highest BCUT2D eigenvalue weighted by Crippen LogP contribution is 2.40. The molecule has 0 radical (unpaired) electrons. The van der Waals surface area contributed by atoms with Crippen molar-refractivity contribution in [3.05, 3.63) is 36.0 Å². The van der Waals surface area contributed by atoms with Gasteiger partial charge in [0.1, 0.15) is 11.3 Å². The number of nitrogens with zero attached hydrogens (tertiary/aromatic N) is 5. The van der Waals surface area contributed by atoms with Crippen LogP contribution < -0.4 is 5.32 Å². The van der Waals surface area contributed by atoms with E-state index in [1.807, 2.05) is 42.1 Å². The number of aromatic nitrogens is 5. The van der Waals surface area contributed by atoms with E-state index in [2.05, 4.69) is 27.7 Å². The second-order valence-corrected chi connectivity index (χ2v) is 6.80. The van der Waals surface area contributed by atoms with Crippen LogP contribution in [-0.4, -0.2) is 30.7 Å². The van der Waals surface area contributed by atoms with Crippen molar-refractivity contribution in [3.63, 3.8) is 0 Å². The van der Waals surface area contributed by atoms with E-state index in [0.29, 0.717) is 24.9 Å². The van der Waals surface area contributed by atoms with Crippen LogP contribution in [0.5, 0.6) is 0 Å². The van der Waals surface area contributed by atoms with Gasteiger partial charge in [-0.05, 0) is 44.7 Å². The fourth-order valence-corrected chi connectivity index (χ4v) is 3.18. The first-order valence-electron chi connectivity index (χ1n) is 8.75. The van der Waals surface area contributed by atoms with Crippen molar-refractivity contribution >= 4 is 22.8 Å². The summed E-state index contributed by atoms with van der Waals surface area (Å²) in [4.78, 5) is 12.4. The summed E-state index contributed by atoms with van der Waals surface area (Å²) in [5, 5.41) is 15.7. The van der Waals surface area contributed by atoms with Gasteiger partial charge < -0.3 is 5.32 Å². The number of hydrogen-bond acceptors (Lipinski definition) is 4. The number of amides is 1. The molecule has 2 heterocycles. The first-order valence-corrected chi connectivity index (χ1v) is 8.75. The Morgan fingerprint density at radius 1 is 1.36 bits per heavy atom. The number of aryl methyl sites for hydroxylation is 2. The number of benzene rings is 1. The topological polar surface area (TPSA) is 77.6 Å². The Hall–Kier alpha value is -2.70. The predicted molar refractivity (Wildman–Crippen MR) is 95.2 cm³/mol. The van der Waals surface area contributed by atoms with E-state index in [4.69, 9.17) is 0 Å². The van der Waals surface area contributed by atoms with Crippen LogP contribution in [0.15, 0.2) is 30.5 Å². The van der Waals surface area contributed by atoms with E-state index in [9.17, 15) is 4.79 Å². The van der Waals surface area contributed by atoms with E-state index >= 15 is 0 Å². The summed E-state index contributed by atoms with van der Waals surface area (Å²) in [6.45, 7) is 4.64. The molecule has 1 aromatic carbocycles. The molecule has 7 nitrogen and oxygen atoms in total. The van der Waals surface area contributed by atoms with Crippen LogP contribution >= 0.6 is 0 Å². The van der Waals surface area contributed by atoms with Gasteiger partial charge in [0.2, 0.25) is 5.91 Å². The highest BCUT2D eigenvalue weighted by atomic mass is 16.1. The third-order valence-corrected chi connectivity index (χ3v) is 4.90. The van der Waals surface area contributed by atoms with Gasteiger partial charge in [-0.15, -0.1) is 5.10 Å². The molecule has 7 heteroatoms. The lowest BCUT2D eigenvalue weighted by Crippen LogP contribution is -2.20. The van der Waals surface area contributed by atoms with Crippen molar-refractivity contribution < 1.29 is 4.79 Å². The molecule has 25 heavy (non-hydrogen) atoms. The minimum Gasteiger partial charge on any atom is -0.311 e. The van der Waals surface area contributed by atoms with Gasteiger partial charge in [0, 0.05) is 12.0 Å². The molecule has 1 amide bonds. The van der Waals surface area contributed by atoms with Crippen LogP contribution in [-0.2, 0) is 11.3 Å². The Morgan fingerprint density at radius 2 is 2.16 bits per heavy atom. The molecule has 0 unspecified atom stereocenters. The molecule has 3 aromatic rings. The van der Waals surface area contributed by atoms with Crippen molar-refractivity contribution in [3.8, 4) is 0 Å². The van der Waals surface area contributed by atoms with Gasteiger partial charge in [0.25, 0.3) is 0 Å². The van der Waals surface area contributed by atoms with Crippen molar-refractivity contribution in [1.82, 2.24) is 24.8 Å². The van der Waals surface area contributed by atoms with Crippen molar-refractivity contribution in [2.45, 2.75) is 45.7 Å². The number of carbonyl (C=O) groups is 1. The number of hydrogen-bond donors (Lipinski definition) is 1. The maximum atomic E-state index is 12.4. The van der Waals surface area contributed by atoms with Crippen LogP contribution in [0.25, 0.3) is 11.0 Å². The monoisotopic (exact) mass is 338 g/mol. The molecule has 1 fully saturated rings. The molecule has 1 atom stereocenters. The highest BCUT2D eigenvalue weighted by Gasteiger charge is 2.31. The Balaban J connectivity index is 1.43. The lowest BCUT2D eigenvalue weighted by Gasteiger charge is -2.16. The fraction of sp³-hybridized carbons (Fsp3) is 0.444. The average molecular weight is 338 g/mol. The largest absolute Gasteiger partial charge is 0.311 e. The molecule has 1 N–H and O–H groups in total. The van der Waals surface area contributed by atoms with Crippen molar-refractivity contribution in [2.75, 3.05) is 5.32 Å². The second-order valence-electron chi connectivity index (χ2n) is 6.80. The lowest BCUT2D eigenvalue weighted by molar-refractivity contribution is -0.116. The molecule has 130 valence electrons. The van der Waals surface area contributed by atoms with Crippen molar-refractivity contribution in [1.29, 1.82) is 0 Å². The normalized spacial score (nSPS) is 15.4. The number of anilines is 1. The number of fused-ring (bicyclic) bond motifs is 1. The maximum absolute atomic E-state index is 12.4. The molecule has 1 aliphatic carbocycles. The fourth-order valence-electron chi connectivity index (χ4n) is 3.18. The molecular weight excluding hydrogens is 316 g/mol. The van der Waals surface area contributed by atoms with Crippen LogP contribution in [0.3, 0.4) is 0 Å². The number of para-hydroxylation sites is 1. The lowest BCUT2D eigenvalue weighted by atomic mass is 10.2. The van der Waals surface area contributed by atoms with Gasteiger partial charge in [-0.2, -0.15) is 5.10 Å². The Bertz CT molecular complexity index is 907. The highest BCUT2D eigenvalue weighted by molar-refractivity contribution is 5.90. The van der Waals surface area contributed by atoms with Crippen LogP contribution in [0.4, 0.5) is 5.82 Å². The van der Waals surface area contributed by atoms with E-state index < -0.39 is 0 Å². The third-order valence-electron chi connectivity index (χ3n) is 4.90. The Kier molecular flexibility index (Phi) is 3.99. The average Bonchev–Trinajstić information content (AvgIpc) is 3.30. The third kappa shape index (κ3) is 3.14. The summed E-state index contributed by atoms with van der Waals surface area (Å²) in [7, 11) is 0. The molecule has 2 aromatic heterocycles. The minimum absolute atomic E-state index is 0.0348. The molecule has 1 saturated carbocycles. The van der Waals surface area contributed by atoms with E-state index in [0.717, 1.165) is 22.4 Å². The zero-order valence-corrected chi connectivity index (χ0v) is 14.5. The first-order chi connectivity index (χ1) is 12.1. The van der Waals surface area contributed by atoms with Gasteiger partial charge in [0.05, 0.1) is 24.3 Å². The summed E-state index contributed by atoms with van der Waals surface area (Å²) in [6, 6.07) is 8.08. The van der Waals surface area contributed by atoms with Gasteiger partial charge in [0.15, 0.2) is 0 Å². The van der Waals surface area contributed by atoms with Crippen LogP contribution in [0.2, 0.25) is 0 Å². The summed E-state index contributed by atoms with van der Waals surface area (Å²) in [6.07, 6.45) is 4.65. The number of nitrogens with one attached hydrogen (secondary N) is 1. The summed E-state index contributed by atoms with van der Waals surface area (Å²) in [5.74, 6) is 1.46. The molecule has 0 bridgehead atoms. The minimum atomic E-state index is -0.0348. The summed E-state index contributed by atoms with van der Waals surface area (Å²) >= 11 is 0. The first kappa shape index (κ1) is 15.8. The molecule has 0 saturated heterocycles. The van der Waals surface area contributed by atoms with Gasteiger partial charge >= 0.3 is 0 Å². The summed E-state index contributed by atoms with van der Waals surface area (Å²) in [5.41, 5.74) is 2.78. The molecule has 4 rings (SSSR count). The second kappa shape index (κ2) is 6.31. The molecule has 1 aliphatic rings. The number of rotatable bonds is 6. The smallest absolute Gasteiger partial charge is 0.227 e. The SMILES string of the molecule is Cc1cnn([C@H](C)C2CC2)c1NC(=O)CCn1nnc2ccccc21. The summed E-state index contributed by atoms with van der Waals surface area (Å²) < 4.78 is 3.72. The standard InChI is InChI=1S/C18H22N6O/c1-12-11-19-24(13(2)14-7-8-14)18(12)20-17(25)9-10-23-16-6-4-3-5-15(16)21-22-23/h3-6,11,13-14H,7-10H2,1-2H3,(H,20,25)/t13-/m1/s1. The Labute approximate surface area is 146 Å². The van der Waals surface area contributed by atoms with E-state index in [-0.39, 0.29) is 5.91 Å². The number of carbonyl (C=O) groups excluding carboxylic acids is 1. The molecular formula is C18H22N6O. The van der Waals surface area contributed by atoms with Crippen LogP contribution in [0.1, 0.15) is 37.8 Å². The van der Waals surface area contributed by atoms with Gasteiger partial charge in [-0.25, -0.2) is 9.36 Å². The quantitative estimate of drug-likeness (QED) is 0.749. The maximum Gasteiger partial charge on any atom is 0.227 e.